The molecule has 0 amide bonds. The summed E-state index contributed by atoms with van der Waals surface area (Å²) in [5.41, 5.74) is 12.2. The summed E-state index contributed by atoms with van der Waals surface area (Å²) in [6, 6.07) is 4.29. The summed E-state index contributed by atoms with van der Waals surface area (Å²) in [6.07, 6.45) is 5.96. The fourth-order valence-corrected chi connectivity index (χ4v) is 6.80. The van der Waals surface area contributed by atoms with Gasteiger partial charge in [0.1, 0.15) is 10.8 Å². The molecule has 10 nitrogen and oxygen atoms in total. The molecule has 4 aromatic rings. The molecule has 7 rings (SSSR count). The van der Waals surface area contributed by atoms with Gasteiger partial charge in [0.15, 0.2) is 17.0 Å². The SMILES string of the molecule is Cc1csc(-c2ccc3c(n2)CCCN3c2n[nH]c3nc(N4CCC5(CC4)CO[C@@H](C)[C@H]5N)cnc23)n1. The van der Waals surface area contributed by atoms with Gasteiger partial charge in [-0.05, 0) is 51.7 Å². The molecule has 0 aromatic carbocycles. The number of aromatic amines is 1. The zero-order chi connectivity index (χ0) is 25.1. The van der Waals surface area contributed by atoms with Crippen LogP contribution in [0.1, 0.15) is 37.6 Å². The molecule has 2 fully saturated rings. The maximum Gasteiger partial charge on any atom is 0.183 e. The van der Waals surface area contributed by atoms with Crippen molar-refractivity contribution >= 4 is 39.8 Å². The number of piperidine rings is 1. The molecule has 4 aromatic heterocycles. The summed E-state index contributed by atoms with van der Waals surface area (Å²) in [7, 11) is 0. The van der Waals surface area contributed by atoms with Gasteiger partial charge in [0.2, 0.25) is 0 Å². The van der Waals surface area contributed by atoms with Gasteiger partial charge >= 0.3 is 0 Å². The van der Waals surface area contributed by atoms with Gasteiger partial charge in [0.05, 0.1) is 36.0 Å². The lowest BCUT2D eigenvalue weighted by molar-refractivity contribution is 0.0974. The van der Waals surface area contributed by atoms with Crippen LogP contribution in [0.2, 0.25) is 0 Å². The van der Waals surface area contributed by atoms with Crippen LogP contribution in [0.15, 0.2) is 23.7 Å². The van der Waals surface area contributed by atoms with Crippen molar-refractivity contribution in [1.82, 2.24) is 30.1 Å². The van der Waals surface area contributed by atoms with E-state index < -0.39 is 0 Å². The summed E-state index contributed by atoms with van der Waals surface area (Å²) >= 11 is 1.63. The third kappa shape index (κ3) is 3.79. The zero-order valence-electron chi connectivity index (χ0n) is 21.1. The first kappa shape index (κ1) is 23.0. The standard InChI is InChI=1S/C26H31N9OS/c1-15-13-37-25(29-15)18-5-6-19-17(30-18)4-3-9-35(19)24-21-23(32-33-24)31-20(12-28-21)34-10-7-26(8-11-34)14-36-16(2)22(26)27/h5-6,12-13,16,22H,3-4,7-11,14,27H2,1-2H3,(H,31,32,33)/t16-,22+/m0/s1. The summed E-state index contributed by atoms with van der Waals surface area (Å²) in [4.78, 5) is 23.8. The van der Waals surface area contributed by atoms with E-state index in [9.17, 15) is 0 Å². The van der Waals surface area contributed by atoms with Crippen LogP contribution >= 0.6 is 11.3 Å². The van der Waals surface area contributed by atoms with E-state index in [4.69, 9.17) is 25.4 Å². The number of aromatic nitrogens is 6. The monoisotopic (exact) mass is 517 g/mol. The molecule has 3 aliphatic rings. The van der Waals surface area contributed by atoms with Crippen LogP contribution < -0.4 is 15.5 Å². The van der Waals surface area contributed by atoms with Crippen LogP contribution in [0.4, 0.5) is 17.3 Å². The largest absolute Gasteiger partial charge is 0.376 e. The predicted molar refractivity (Wildman–Crippen MR) is 144 cm³/mol. The summed E-state index contributed by atoms with van der Waals surface area (Å²) in [6.45, 7) is 7.52. The third-order valence-electron chi connectivity index (χ3n) is 8.30. The second-order valence-corrected chi connectivity index (χ2v) is 11.4. The number of anilines is 3. The molecule has 0 aliphatic carbocycles. The molecule has 0 unspecified atom stereocenters. The number of nitrogens with two attached hydrogens (primary N) is 1. The fraction of sp³-hybridized carbons (Fsp3) is 0.500. The lowest BCUT2D eigenvalue weighted by Gasteiger charge is -2.41. The average molecular weight is 518 g/mol. The van der Waals surface area contributed by atoms with E-state index in [-0.39, 0.29) is 17.6 Å². The minimum absolute atomic E-state index is 0.0859. The van der Waals surface area contributed by atoms with Crippen LogP contribution in [0, 0.1) is 12.3 Å². The molecule has 2 atom stereocenters. The first-order valence-electron chi connectivity index (χ1n) is 13.0. The van der Waals surface area contributed by atoms with E-state index in [0.29, 0.717) is 5.65 Å². The Hall–Kier alpha value is -3.15. The highest BCUT2D eigenvalue weighted by Gasteiger charge is 2.47. The smallest absolute Gasteiger partial charge is 0.183 e. The van der Waals surface area contributed by atoms with E-state index >= 15 is 0 Å². The van der Waals surface area contributed by atoms with Crippen LogP contribution in [-0.4, -0.2) is 68.5 Å². The molecular weight excluding hydrogens is 486 g/mol. The first-order valence-corrected chi connectivity index (χ1v) is 13.9. The number of nitrogens with zero attached hydrogens (tertiary/aromatic N) is 7. The van der Waals surface area contributed by atoms with Gasteiger partial charge in [-0.15, -0.1) is 11.3 Å². The van der Waals surface area contributed by atoms with Crippen molar-refractivity contribution in [1.29, 1.82) is 0 Å². The van der Waals surface area contributed by atoms with Gasteiger partial charge in [0.25, 0.3) is 0 Å². The van der Waals surface area contributed by atoms with Crippen molar-refractivity contribution in [2.24, 2.45) is 11.1 Å². The minimum Gasteiger partial charge on any atom is -0.376 e. The number of ether oxygens (including phenoxy) is 1. The van der Waals surface area contributed by atoms with Crippen LogP contribution in [0.25, 0.3) is 21.9 Å². The first-order chi connectivity index (χ1) is 18.0. The number of thiazole rings is 1. The second kappa shape index (κ2) is 8.71. The van der Waals surface area contributed by atoms with Gasteiger partial charge < -0.3 is 20.3 Å². The molecule has 0 bridgehead atoms. The van der Waals surface area contributed by atoms with Gasteiger partial charge in [-0.1, -0.05) is 0 Å². The number of rotatable bonds is 3. The normalized spacial score (nSPS) is 23.2. The predicted octanol–water partition coefficient (Wildman–Crippen LogP) is 3.60. The van der Waals surface area contributed by atoms with Crippen molar-refractivity contribution in [3.05, 3.63) is 35.1 Å². The van der Waals surface area contributed by atoms with E-state index in [1.165, 1.54) is 0 Å². The fourth-order valence-electron chi connectivity index (χ4n) is 6.03. The zero-order valence-corrected chi connectivity index (χ0v) is 22.0. The molecule has 1 spiro atoms. The molecule has 0 saturated carbocycles. The quantitative estimate of drug-likeness (QED) is 0.420. The Morgan fingerprint density at radius 2 is 2.03 bits per heavy atom. The molecule has 11 heteroatoms. The Morgan fingerprint density at radius 3 is 2.78 bits per heavy atom. The number of hydrogen-bond acceptors (Lipinski definition) is 10. The highest BCUT2D eigenvalue weighted by molar-refractivity contribution is 7.13. The maximum atomic E-state index is 6.50. The molecule has 2 saturated heterocycles. The molecule has 192 valence electrons. The number of fused-ring (bicyclic) bond motifs is 2. The number of H-pyrrole nitrogens is 1. The Morgan fingerprint density at radius 1 is 1.16 bits per heavy atom. The summed E-state index contributed by atoms with van der Waals surface area (Å²) < 4.78 is 5.88. The van der Waals surface area contributed by atoms with Gasteiger partial charge in [-0.2, -0.15) is 5.10 Å². The van der Waals surface area contributed by atoms with Crippen LogP contribution in [0.3, 0.4) is 0 Å². The Labute approximate surface area is 219 Å². The number of pyridine rings is 1. The Kier molecular flexibility index (Phi) is 5.42. The summed E-state index contributed by atoms with van der Waals surface area (Å²) in [5.74, 6) is 1.68. The third-order valence-corrected chi connectivity index (χ3v) is 9.28. The van der Waals surface area contributed by atoms with E-state index in [0.717, 1.165) is 96.9 Å². The van der Waals surface area contributed by atoms with Crippen molar-refractivity contribution in [2.75, 3.05) is 36.0 Å². The topological polar surface area (TPSA) is 122 Å². The molecule has 3 aliphatic heterocycles. The second-order valence-electron chi connectivity index (χ2n) is 10.6. The maximum absolute atomic E-state index is 6.50. The van der Waals surface area contributed by atoms with E-state index in [1.54, 1.807) is 11.3 Å². The highest BCUT2D eigenvalue weighted by atomic mass is 32.1. The van der Waals surface area contributed by atoms with E-state index in [2.05, 4.69) is 49.4 Å². The number of nitrogens with one attached hydrogen (secondary N) is 1. The highest BCUT2D eigenvalue weighted by Crippen LogP contribution is 2.42. The van der Waals surface area contributed by atoms with Crippen molar-refractivity contribution < 1.29 is 4.74 Å². The number of aryl methyl sites for hydroxylation is 2. The van der Waals surface area contributed by atoms with Gasteiger partial charge in [-0.3, -0.25) is 5.10 Å². The van der Waals surface area contributed by atoms with Crippen molar-refractivity contribution in [3.63, 3.8) is 0 Å². The van der Waals surface area contributed by atoms with Gasteiger partial charge in [0, 0.05) is 42.2 Å². The van der Waals surface area contributed by atoms with Gasteiger partial charge in [-0.25, -0.2) is 19.9 Å². The molecule has 7 heterocycles. The number of hydrogen-bond donors (Lipinski definition) is 2. The lowest BCUT2D eigenvalue weighted by atomic mass is 9.73. The van der Waals surface area contributed by atoms with Crippen LogP contribution in [0.5, 0.6) is 0 Å². The summed E-state index contributed by atoms with van der Waals surface area (Å²) in [5, 5.41) is 10.8. The molecule has 3 N–H and O–H groups in total. The Balaban J connectivity index is 1.14. The molecule has 37 heavy (non-hydrogen) atoms. The van der Waals surface area contributed by atoms with E-state index in [1.807, 2.05) is 13.1 Å². The minimum atomic E-state index is 0.0859. The van der Waals surface area contributed by atoms with Crippen molar-refractivity contribution in [3.8, 4) is 10.7 Å². The Bertz CT molecular complexity index is 1460. The lowest BCUT2D eigenvalue weighted by Crippen LogP contribution is -2.50. The van der Waals surface area contributed by atoms with Crippen LogP contribution in [-0.2, 0) is 11.2 Å². The molecular formula is C26H31N9OS. The average Bonchev–Trinajstić information content (AvgIpc) is 3.63. The van der Waals surface area contributed by atoms with Crippen molar-refractivity contribution in [2.45, 2.75) is 51.7 Å². The molecule has 0 radical (unpaired) electrons.